The Morgan fingerprint density at radius 1 is 0.967 bits per heavy atom. The Balaban J connectivity index is 1.76. The molecule has 0 saturated carbocycles. The van der Waals surface area contributed by atoms with Crippen molar-refractivity contribution >= 4 is 11.7 Å². The molecule has 0 fully saturated rings. The fourth-order valence-electron chi connectivity index (χ4n) is 3.92. The van der Waals surface area contributed by atoms with Gasteiger partial charge in [-0.2, -0.15) is 5.10 Å². The van der Waals surface area contributed by atoms with E-state index in [-0.39, 0.29) is 29.8 Å². The summed E-state index contributed by atoms with van der Waals surface area (Å²) in [5.41, 5.74) is 4.15. The summed E-state index contributed by atoms with van der Waals surface area (Å²) in [6, 6.07) is 22.7. The van der Waals surface area contributed by atoms with Crippen LogP contribution in [-0.2, 0) is 4.79 Å². The number of fused-ring (bicyclic) bond motifs is 1. The zero-order valence-electron chi connectivity index (χ0n) is 15.9. The van der Waals surface area contributed by atoms with Crippen molar-refractivity contribution in [3.05, 3.63) is 95.8 Å². The minimum Gasteiger partial charge on any atom is -0.508 e. The summed E-state index contributed by atoms with van der Waals surface area (Å²) in [4.78, 5) is 12.6. The van der Waals surface area contributed by atoms with Gasteiger partial charge in [-0.1, -0.05) is 42.5 Å². The van der Waals surface area contributed by atoms with Crippen LogP contribution in [0.2, 0.25) is 0 Å². The largest absolute Gasteiger partial charge is 0.508 e. The topological polar surface area (TPSA) is 67.1 Å². The van der Waals surface area contributed by atoms with Gasteiger partial charge in [0.25, 0.3) is 0 Å². The molecule has 30 heavy (non-hydrogen) atoms. The predicted molar refractivity (Wildman–Crippen MR) is 112 cm³/mol. The molecule has 0 radical (unpaired) electrons. The van der Waals surface area contributed by atoms with E-state index < -0.39 is 0 Å². The predicted octanol–water partition coefficient (Wildman–Crippen LogP) is 4.86. The van der Waals surface area contributed by atoms with Gasteiger partial charge in [0.15, 0.2) is 0 Å². The van der Waals surface area contributed by atoms with E-state index in [9.17, 15) is 14.3 Å². The van der Waals surface area contributed by atoms with E-state index in [0.29, 0.717) is 11.5 Å². The molecular formula is C24H18FN3O2. The molecule has 5 rings (SSSR count). The SMILES string of the molecule is O=C1C[C@@H](c2ccc(O)cc2)c2c(-c3ccccc3)nn(-c3ccc(F)cc3)c2N1. The first kappa shape index (κ1) is 18.1. The number of nitrogens with one attached hydrogen (secondary N) is 1. The molecule has 2 heterocycles. The van der Waals surface area contributed by atoms with Gasteiger partial charge in [0.1, 0.15) is 17.4 Å². The summed E-state index contributed by atoms with van der Waals surface area (Å²) >= 11 is 0. The molecule has 4 aromatic rings. The molecule has 0 bridgehead atoms. The summed E-state index contributed by atoms with van der Waals surface area (Å²) in [6.45, 7) is 0. The second kappa shape index (κ2) is 7.15. The molecule has 0 saturated heterocycles. The first-order valence-corrected chi connectivity index (χ1v) is 9.63. The van der Waals surface area contributed by atoms with E-state index in [1.54, 1.807) is 28.9 Å². The molecule has 0 unspecified atom stereocenters. The van der Waals surface area contributed by atoms with Crippen molar-refractivity contribution in [2.24, 2.45) is 0 Å². The first-order valence-electron chi connectivity index (χ1n) is 9.63. The molecular weight excluding hydrogens is 381 g/mol. The molecule has 148 valence electrons. The van der Waals surface area contributed by atoms with Crippen LogP contribution in [-0.4, -0.2) is 20.8 Å². The number of anilines is 1. The van der Waals surface area contributed by atoms with Crippen LogP contribution < -0.4 is 5.32 Å². The molecule has 1 amide bonds. The lowest BCUT2D eigenvalue weighted by molar-refractivity contribution is -0.116. The lowest BCUT2D eigenvalue weighted by Crippen LogP contribution is -2.24. The van der Waals surface area contributed by atoms with Crippen LogP contribution in [0.25, 0.3) is 16.9 Å². The maximum Gasteiger partial charge on any atom is 0.226 e. The number of halogens is 1. The second-order valence-corrected chi connectivity index (χ2v) is 7.26. The Morgan fingerprint density at radius 3 is 2.37 bits per heavy atom. The van der Waals surface area contributed by atoms with E-state index in [0.717, 1.165) is 22.4 Å². The van der Waals surface area contributed by atoms with Crippen LogP contribution in [0.4, 0.5) is 10.2 Å². The third-order valence-electron chi connectivity index (χ3n) is 5.33. The van der Waals surface area contributed by atoms with E-state index in [2.05, 4.69) is 5.32 Å². The number of aromatic hydroxyl groups is 1. The highest BCUT2D eigenvalue weighted by Crippen LogP contribution is 2.44. The molecule has 1 atom stereocenters. The Kier molecular flexibility index (Phi) is 4.32. The average Bonchev–Trinajstić information content (AvgIpc) is 3.14. The average molecular weight is 399 g/mol. The summed E-state index contributed by atoms with van der Waals surface area (Å²) < 4.78 is 15.1. The summed E-state index contributed by atoms with van der Waals surface area (Å²) in [7, 11) is 0. The van der Waals surface area contributed by atoms with E-state index in [4.69, 9.17) is 5.10 Å². The Hall–Kier alpha value is -3.93. The van der Waals surface area contributed by atoms with Crippen LogP contribution >= 0.6 is 0 Å². The van der Waals surface area contributed by atoms with Gasteiger partial charge < -0.3 is 10.4 Å². The van der Waals surface area contributed by atoms with Gasteiger partial charge in [-0.3, -0.25) is 4.79 Å². The van der Waals surface area contributed by atoms with Crippen LogP contribution in [0.1, 0.15) is 23.5 Å². The monoisotopic (exact) mass is 399 g/mol. The maximum absolute atomic E-state index is 13.5. The molecule has 1 aromatic heterocycles. The highest BCUT2D eigenvalue weighted by molar-refractivity contribution is 5.96. The molecule has 0 aliphatic carbocycles. The number of hydrogen-bond acceptors (Lipinski definition) is 3. The van der Waals surface area contributed by atoms with Crippen LogP contribution in [0.15, 0.2) is 78.9 Å². The zero-order chi connectivity index (χ0) is 20.7. The van der Waals surface area contributed by atoms with Crippen LogP contribution in [0, 0.1) is 5.82 Å². The fourth-order valence-corrected chi connectivity index (χ4v) is 3.92. The summed E-state index contributed by atoms with van der Waals surface area (Å²) in [5.74, 6) is 0.0653. The van der Waals surface area contributed by atoms with Crippen LogP contribution in [0.5, 0.6) is 5.75 Å². The lowest BCUT2D eigenvalue weighted by atomic mass is 9.84. The smallest absolute Gasteiger partial charge is 0.226 e. The van der Waals surface area contributed by atoms with Gasteiger partial charge in [0.05, 0.1) is 11.4 Å². The van der Waals surface area contributed by atoms with Gasteiger partial charge in [-0.05, 0) is 42.0 Å². The van der Waals surface area contributed by atoms with Gasteiger partial charge in [-0.15, -0.1) is 0 Å². The van der Waals surface area contributed by atoms with E-state index in [1.165, 1.54) is 12.1 Å². The van der Waals surface area contributed by atoms with Gasteiger partial charge in [0.2, 0.25) is 5.91 Å². The number of phenols is 1. The minimum absolute atomic E-state index is 0.122. The maximum atomic E-state index is 13.5. The number of rotatable bonds is 3. The van der Waals surface area contributed by atoms with E-state index in [1.807, 2.05) is 42.5 Å². The van der Waals surface area contributed by atoms with Crippen molar-refractivity contribution in [1.82, 2.24) is 9.78 Å². The Morgan fingerprint density at radius 2 is 1.67 bits per heavy atom. The lowest BCUT2D eigenvalue weighted by Gasteiger charge is -2.25. The first-order chi connectivity index (χ1) is 14.6. The molecule has 1 aliphatic rings. The third kappa shape index (κ3) is 3.12. The second-order valence-electron chi connectivity index (χ2n) is 7.26. The molecule has 0 spiro atoms. The summed E-state index contributed by atoms with van der Waals surface area (Å²) in [5, 5.41) is 17.5. The number of benzene rings is 3. The molecule has 2 N–H and O–H groups in total. The standard InChI is InChI=1S/C24H18FN3O2/c25-17-8-10-18(11-9-17)28-24-22(23(27-28)16-4-2-1-3-5-16)20(14-21(30)26-24)15-6-12-19(29)13-7-15/h1-13,20,29H,14H2,(H,26,30)/t20-/m0/s1. The highest BCUT2D eigenvalue weighted by atomic mass is 19.1. The number of phenolic OH excluding ortho intramolecular Hbond substituents is 1. The zero-order valence-corrected chi connectivity index (χ0v) is 15.9. The Bertz CT molecular complexity index is 1220. The molecule has 6 heteroatoms. The van der Waals surface area contributed by atoms with Crippen molar-refractivity contribution in [3.63, 3.8) is 0 Å². The van der Waals surface area contributed by atoms with Crippen molar-refractivity contribution in [2.75, 3.05) is 5.32 Å². The number of carbonyl (C=O) groups is 1. The third-order valence-corrected chi connectivity index (χ3v) is 5.33. The van der Waals surface area contributed by atoms with Gasteiger partial charge in [0, 0.05) is 23.5 Å². The number of nitrogens with zero attached hydrogens (tertiary/aromatic N) is 2. The fraction of sp³-hybridized carbons (Fsp3) is 0.0833. The van der Waals surface area contributed by atoms with Crippen molar-refractivity contribution in [3.8, 4) is 22.7 Å². The molecule has 3 aromatic carbocycles. The normalized spacial score (nSPS) is 15.5. The number of aromatic nitrogens is 2. The number of carbonyl (C=O) groups excluding carboxylic acids is 1. The number of amides is 1. The van der Waals surface area contributed by atoms with E-state index >= 15 is 0 Å². The minimum atomic E-state index is -0.339. The quantitative estimate of drug-likeness (QED) is 0.517. The van der Waals surface area contributed by atoms with Crippen molar-refractivity contribution in [2.45, 2.75) is 12.3 Å². The van der Waals surface area contributed by atoms with Gasteiger partial charge in [-0.25, -0.2) is 9.07 Å². The Labute approximate surface area is 172 Å². The molecule has 1 aliphatic heterocycles. The van der Waals surface area contributed by atoms with Crippen molar-refractivity contribution < 1.29 is 14.3 Å². The highest BCUT2D eigenvalue weighted by Gasteiger charge is 2.34. The number of hydrogen-bond donors (Lipinski definition) is 2. The molecule has 5 nitrogen and oxygen atoms in total. The van der Waals surface area contributed by atoms with Crippen LogP contribution in [0.3, 0.4) is 0 Å². The van der Waals surface area contributed by atoms with Crippen molar-refractivity contribution in [1.29, 1.82) is 0 Å². The summed E-state index contributed by atoms with van der Waals surface area (Å²) in [6.07, 6.45) is 0.271. The van der Waals surface area contributed by atoms with Gasteiger partial charge >= 0.3 is 0 Å².